The summed E-state index contributed by atoms with van der Waals surface area (Å²) < 4.78 is 10.9. The first-order valence-electron chi connectivity index (χ1n) is 6.79. The number of hydrogen-bond acceptors (Lipinski definition) is 2. The molecule has 1 aromatic rings. The summed E-state index contributed by atoms with van der Waals surface area (Å²) >= 11 is 0. The molecular weight excluding hydrogens is 228 g/mol. The van der Waals surface area contributed by atoms with Crippen LogP contribution >= 0.6 is 0 Å². The van der Waals surface area contributed by atoms with E-state index in [0.29, 0.717) is 12.6 Å². The molecule has 1 aliphatic heterocycles. The summed E-state index contributed by atoms with van der Waals surface area (Å²) in [6.07, 6.45) is 0. The van der Waals surface area contributed by atoms with Crippen molar-refractivity contribution >= 4 is 0 Å². The number of rotatable bonds is 5. The zero-order chi connectivity index (χ0) is 12.8. The van der Waals surface area contributed by atoms with E-state index >= 15 is 0 Å². The van der Waals surface area contributed by atoms with E-state index in [1.54, 1.807) is 4.90 Å². The van der Waals surface area contributed by atoms with Crippen molar-refractivity contribution in [2.45, 2.75) is 13.0 Å². The third kappa shape index (κ3) is 3.22. The molecule has 1 fully saturated rings. The highest BCUT2D eigenvalue weighted by Crippen LogP contribution is 2.15. The van der Waals surface area contributed by atoms with Crippen LogP contribution in [0.15, 0.2) is 24.3 Å². The zero-order valence-electron chi connectivity index (χ0n) is 11.2. The summed E-state index contributed by atoms with van der Waals surface area (Å²) in [4.78, 5) is 1.58. The lowest BCUT2D eigenvalue weighted by molar-refractivity contribution is -0.944. The van der Waals surface area contributed by atoms with Crippen molar-refractivity contribution in [2.75, 3.05) is 39.5 Å². The molecule has 0 unspecified atom stereocenters. The van der Waals surface area contributed by atoms with E-state index in [0.717, 1.165) is 38.6 Å². The van der Waals surface area contributed by atoms with E-state index in [1.807, 2.05) is 6.92 Å². The Labute approximate surface area is 109 Å². The molecule has 1 aromatic carbocycles. The largest absolute Gasteiger partial charge is 0.494 e. The van der Waals surface area contributed by atoms with E-state index in [9.17, 15) is 0 Å². The average molecular weight is 252 g/mol. The lowest BCUT2D eigenvalue weighted by Gasteiger charge is -2.29. The Hall–Kier alpha value is -1.10. The van der Waals surface area contributed by atoms with E-state index in [-0.39, 0.29) is 0 Å². The summed E-state index contributed by atoms with van der Waals surface area (Å²) in [5, 5.41) is 0. The Morgan fingerprint density at radius 1 is 1.28 bits per heavy atom. The monoisotopic (exact) mass is 252 g/mol. The molecule has 2 rings (SSSR count). The fourth-order valence-electron chi connectivity index (χ4n) is 2.55. The zero-order valence-corrected chi connectivity index (χ0v) is 11.2. The highest BCUT2D eigenvalue weighted by atomic mass is 16.5. The Balaban J connectivity index is 2.06. The second-order valence-electron chi connectivity index (χ2n) is 4.61. The molecule has 1 aliphatic rings. The van der Waals surface area contributed by atoms with Gasteiger partial charge < -0.3 is 20.1 Å². The van der Waals surface area contributed by atoms with Gasteiger partial charge in [0.15, 0.2) is 6.04 Å². The first kappa shape index (κ1) is 13.3. The smallest absolute Gasteiger partial charge is 0.163 e. The quantitative estimate of drug-likeness (QED) is 0.727. The minimum atomic E-state index is 0.476. The lowest BCUT2D eigenvalue weighted by atomic mass is 10.0. The van der Waals surface area contributed by atoms with Gasteiger partial charge in [0, 0.05) is 5.56 Å². The first-order valence-corrected chi connectivity index (χ1v) is 6.79. The van der Waals surface area contributed by atoms with Gasteiger partial charge in [-0.25, -0.2) is 0 Å². The van der Waals surface area contributed by atoms with Gasteiger partial charge in [-0.2, -0.15) is 0 Å². The molecule has 0 bridgehead atoms. The van der Waals surface area contributed by atoms with Gasteiger partial charge in [0.25, 0.3) is 0 Å². The summed E-state index contributed by atoms with van der Waals surface area (Å²) in [5.41, 5.74) is 5.46. The summed E-state index contributed by atoms with van der Waals surface area (Å²) in [6, 6.07) is 8.93. The van der Waals surface area contributed by atoms with E-state index in [4.69, 9.17) is 9.47 Å². The van der Waals surface area contributed by atoms with Crippen LogP contribution in [0.3, 0.4) is 0 Å². The Morgan fingerprint density at radius 3 is 2.50 bits per heavy atom. The maximum absolute atomic E-state index is 5.48. The molecule has 1 atom stereocenters. The van der Waals surface area contributed by atoms with Crippen molar-refractivity contribution in [1.29, 1.82) is 0 Å². The predicted octanol–water partition coefficient (Wildman–Crippen LogP) is -0.717. The minimum absolute atomic E-state index is 0.476. The molecule has 4 heteroatoms. The molecule has 0 aromatic heterocycles. The van der Waals surface area contributed by atoms with Crippen LogP contribution in [0.1, 0.15) is 18.5 Å². The van der Waals surface area contributed by atoms with Gasteiger partial charge >= 0.3 is 0 Å². The van der Waals surface area contributed by atoms with E-state index < -0.39 is 0 Å². The summed E-state index contributed by atoms with van der Waals surface area (Å²) in [5.74, 6) is 0.945. The normalized spacial score (nSPS) is 18.6. The molecule has 4 nitrogen and oxygen atoms in total. The van der Waals surface area contributed by atoms with Gasteiger partial charge in [-0.3, -0.25) is 0 Å². The van der Waals surface area contributed by atoms with Crippen LogP contribution in [0.5, 0.6) is 5.75 Å². The minimum Gasteiger partial charge on any atom is -0.494 e. The predicted molar refractivity (Wildman–Crippen MR) is 69.6 cm³/mol. The third-order valence-electron chi connectivity index (χ3n) is 3.51. The standard InChI is InChI=1S/C14H22N2O2/c1-2-18-13-5-3-12(4-6-13)14(11-15)16-7-9-17-10-8-16/h3-6,14H,2,7-11,15H2,1H3/p+2/t14-/m1/s1. The SMILES string of the molecule is CCOc1ccc([C@@H](C[NH3+])[NH+]2CCOCC2)cc1. The van der Waals surface area contributed by atoms with Gasteiger partial charge in [0.2, 0.25) is 0 Å². The fraction of sp³-hybridized carbons (Fsp3) is 0.571. The lowest BCUT2D eigenvalue weighted by Crippen LogP contribution is -3.15. The van der Waals surface area contributed by atoms with Gasteiger partial charge in [-0.05, 0) is 31.2 Å². The first-order chi connectivity index (χ1) is 8.85. The van der Waals surface area contributed by atoms with Gasteiger partial charge in [0.1, 0.15) is 25.4 Å². The summed E-state index contributed by atoms with van der Waals surface area (Å²) in [7, 11) is 0. The van der Waals surface area contributed by atoms with Crippen LogP contribution in [0, 0.1) is 0 Å². The van der Waals surface area contributed by atoms with Crippen LogP contribution in [-0.4, -0.2) is 39.5 Å². The molecule has 0 saturated carbocycles. The number of ether oxygens (including phenoxy) is 2. The van der Waals surface area contributed by atoms with Crippen molar-refractivity contribution in [3.05, 3.63) is 29.8 Å². The molecule has 0 radical (unpaired) electrons. The Bertz CT molecular complexity index is 347. The topological polar surface area (TPSA) is 50.5 Å². The number of benzene rings is 1. The third-order valence-corrected chi connectivity index (χ3v) is 3.51. The Morgan fingerprint density at radius 2 is 1.94 bits per heavy atom. The molecular formula is C14H24N2O2+2. The highest BCUT2D eigenvalue weighted by molar-refractivity contribution is 5.28. The van der Waals surface area contributed by atoms with Gasteiger partial charge in [-0.15, -0.1) is 0 Å². The second-order valence-corrected chi connectivity index (χ2v) is 4.61. The summed E-state index contributed by atoms with van der Waals surface area (Å²) in [6.45, 7) is 7.52. The molecule has 18 heavy (non-hydrogen) atoms. The molecule has 0 amide bonds. The molecule has 0 aliphatic carbocycles. The van der Waals surface area contributed by atoms with Gasteiger partial charge in [-0.1, -0.05) is 0 Å². The fourth-order valence-corrected chi connectivity index (χ4v) is 2.55. The molecule has 1 heterocycles. The number of morpholine rings is 1. The highest BCUT2D eigenvalue weighted by Gasteiger charge is 2.26. The number of nitrogens with one attached hydrogen (secondary N) is 1. The van der Waals surface area contributed by atoms with E-state index in [2.05, 4.69) is 30.0 Å². The van der Waals surface area contributed by atoms with E-state index in [1.165, 1.54) is 5.56 Å². The molecule has 100 valence electrons. The molecule has 4 N–H and O–H groups in total. The van der Waals surface area contributed by atoms with Crippen molar-refractivity contribution < 1.29 is 20.1 Å². The van der Waals surface area contributed by atoms with Crippen molar-refractivity contribution in [3.63, 3.8) is 0 Å². The van der Waals surface area contributed by atoms with Crippen molar-refractivity contribution in [1.82, 2.24) is 0 Å². The maximum Gasteiger partial charge on any atom is 0.163 e. The second kappa shape index (κ2) is 6.73. The van der Waals surface area contributed by atoms with Gasteiger partial charge in [0.05, 0.1) is 19.8 Å². The van der Waals surface area contributed by atoms with Crippen LogP contribution in [-0.2, 0) is 4.74 Å². The number of hydrogen-bond donors (Lipinski definition) is 2. The van der Waals surface area contributed by atoms with Crippen LogP contribution < -0.4 is 15.4 Å². The van der Waals surface area contributed by atoms with Crippen molar-refractivity contribution in [2.24, 2.45) is 0 Å². The Kier molecular flexibility index (Phi) is 4.99. The maximum atomic E-state index is 5.48. The van der Waals surface area contributed by atoms with Crippen LogP contribution in [0.25, 0.3) is 0 Å². The molecule has 1 saturated heterocycles. The molecule has 0 spiro atoms. The van der Waals surface area contributed by atoms with Crippen LogP contribution in [0.4, 0.5) is 0 Å². The number of quaternary nitrogens is 2. The average Bonchev–Trinajstić information content (AvgIpc) is 2.43. The van der Waals surface area contributed by atoms with Crippen molar-refractivity contribution in [3.8, 4) is 5.75 Å². The van der Waals surface area contributed by atoms with Crippen LogP contribution in [0.2, 0.25) is 0 Å².